The number of hydrogen-bond acceptors (Lipinski definition) is 0. The molecule has 0 unspecified atom stereocenters. The van der Waals surface area contributed by atoms with Gasteiger partial charge in [0.15, 0.2) is 0 Å². The van der Waals surface area contributed by atoms with Gasteiger partial charge in [0.05, 0.1) is 16.4 Å². The van der Waals surface area contributed by atoms with Crippen LogP contribution in [-0.2, 0) is 5.41 Å². The average molecular weight is 558 g/mol. The fourth-order valence-electron chi connectivity index (χ4n) is 8.36. The van der Waals surface area contributed by atoms with Crippen LogP contribution >= 0.6 is 0 Å². The maximum Gasteiger partial charge on any atom is 0.0725 e. The first-order chi connectivity index (χ1) is 21.9. The fourth-order valence-corrected chi connectivity index (χ4v) is 8.36. The molecule has 0 aliphatic heterocycles. The summed E-state index contributed by atoms with van der Waals surface area (Å²) in [5.74, 6) is 0. The van der Waals surface area contributed by atoms with E-state index >= 15 is 0 Å². The first-order valence-corrected chi connectivity index (χ1v) is 15.4. The van der Waals surface area contributed by atoms with E-state index in [1.165, 1.54) is 83.1 Å². The smallest absolute Gasteiger partial charge is 0.0725 e. The Bertz CT molecular complexity index is 2400. The van der Waals surface area contributed by atoms with E-state index in [9.17, 15) is 0 Å². The Kier molecular flexibility index (Phi) is 4.71. The summed E-state index contributed by atoms with van der Waals surface area (Å²) < 4.78 is 2.44. The highest BCUT2D eigenvalue weighted by Gasteiger charge is 2.51. The van der Waals surface area contributed by atoms with Crippen LogP contribution in [0.1, 0.15) is 22.3 Å². The van der Waals surface area contributed by atoms with Gasteiger partial charge in [-0.3, -0.25) is 0 Å². The number of hydrogen-bond donors (Lipinski definition) is 0. The molecule has 204 valence electrons. The molecule has 44 heavy (non-hydrogen) atoms. The van der Waals surface area contributed by atoms with Crippen LogP contribution in [0.2, 0.25) is 0 Å². The highest BCUT2D eigenvalue weighted by atomic mass is 15.0. The lowest BCUT2D eigenvalue weighted by Crippen LogP contribution is -2.25. The molecule has 0 bridgehead atoms. The lowest BCUT2D eigenvalue weighted by molar-refractivity contribution is 0.794. The first kappa shape index (κ1) is 23.9. The van der Waals surface area contributed by atoms with Crippen molar-refractivity contribution >= 4 is 21.8 Å². The van der Waals surface area contributed by atoms with Crippen molar-refractivity contribution < 1.29 is 0 Å². The molecule has 1 nitrogen and oxygen atoms in total. The first-order valence-electron chi connectivity index (χ1n) is 15.4. The number of nitrogens with zero attached hydrogens (tertiary/aromatic N) is 1. The third-order valence-electron chi connectivity index (χ3n) is 10.0. The third kappa shape index (κ3) is 2.89. The molecule has 0 saturated carbocycles. The van der Waals surface area contributed by atoms with Crippen molar-refractivity contribution in [3.63, 3.8) is 0 Å². The van der Waals surface area contributed by atoms with Crippen molar-refractivity contribution in [1.29, 1.82) is 0 Å². The lowest BCUT2D eigenvalue weighted by atomic mass is 9.70. The summed E-state index contributed by atoms with van der Waals surface area (Å²) in [6, 6.07) is 60.6. The van der Waals surface area contributed by atoms with Crippen LogP contribution in [-0.4, -0.2) is 4.57 Å². The summed E-state index contributed by atoms with van der Waals surface area (Å²) in [4.78, 5) is 0. The zero-order valence-electron chi connectivity index (χ0n) is 24.0. The van der Waals surface area contributed by atoms with E-state index in [1.807, 2.05) is 0 Å². The van der Waals surface area contributed by atoms with Gasteiger partial charge in [0, 0.05) is 22.0 Å². The van der Waals surface area contributed by atoms with Crippen molar-refractivity contribution in [2.75, 3.05) is 0 Å². The van der Waals surface area contributed by atoms with Gasteiger partial charge in [-0.25, -0.2) is 0 Å². The van der Waals surface area contributed by atoms with E-state index in [-0.39, 0.29) is 5.41 Å². The predicted octanol–water partition coefficient (Wildman–Crippen LogP) is 10.8. The van der Waals surface area contributed by atoms with Crippen LogP contribution in [0.5, 0.6) is 0 Å². The van der Waals surface area contributed by atoms with Crippen molar-refractivity contribution in [3.8, 4) is 39.1 Å². The van der Waals surface area contributed by atoms with Gasteiger partial charge in [0.1, 0.15) is 0 Å². The Morgan fingerprint density at radius 2 is 0.886 bits per heavy atom. The molecule has 0 saturated heterocycles. The summed E-state index contributed by atoms with van der Waals surface area (Å²) in [5.41, 5.74) is 16.7. The molecule has 1 heteroatoms. The Labute approximate surface area is 256 Å². The Hall–Kier alpha value is -5.66. The zero-order valence-corrected chi connectivity index (χ0v) is 24.0. The second-order valence-electron chi connectivity index (χ2n) is 12.0. The number of rotatable bonds is 2. The van der Waals surface area contributed by atoms with E-state index in [0.29, 0.717) is 0 Å². The maximum absolute atomic E-state index is 2.45. The van der Waals surface area contributed by atoms with Crippen molar-refractivity contribution in [2.45, 2.75) is 5.41 Å². The molecule has 0 amide bonds. The van der Waals surface area contributed by atoms with Crippen LogP contribution in [0.25, 0.3) is 60.9 Å². The second kappa shape index (κ2) is 8.69. The summed E-state index contributed by atoms with van der Waals surface area (Å²) in [7, 11) is 0. The molecular formula is C43H27N. The highest BCUT2D eigenvalue weighted by Crippen LogP contribution is 2.63. The van der Waals surface area contributed by atoms with Crippen LogP contribution in [0.3, 0.4) is 0 Å². The largest absolute Gasteiger partial charge is 0.309 e. The average Bonchev–Trinajstić information content (AvgIpc) is 3.70. The zero-order chi connectivity index (χ0) is 28.8. The molecule has 2 aliphatic carbocycles. The molecule has 0 fully saturated rings. The standard InChI is InChI=1S/C43H27N/c1-2-13-29(14-3-1)44-41-24-11-7-18-34(41)35-20-12-19-30(42(35)44)28-25-26-40-36(27-28)33-17-6-10-23-39(33)43(40)37-21-8-4-15-31(37)32-16-5-9-22-38(32)43/h1-27H. The van der Waals surface area contributed by atoms with Crippen LogP contribution in [0.4, 0.5) is 0 Å². The van der Waals surface area contributed by atoms with E-state index in [4.69, 9.17) is 0 Å². The molecule has 0 atom stereocenters. The van der Waals surface area contributed by atoms with E-state index in [2.05, 4.69) is 168 Å². The molecule has 0 radical (unpaired) electrons. The van der Waals surface area contributed by atoms with Gasteiger partial charge in [0.25, 0.3) is 0 Å². The normalized spacial score (nSPS) is 13.6. The SMILES string of the molecule is c1ccc(-n2c3ccccc3c3cccc(-c4ccc5c(c4)-c4ccccc4C54c5ccccc5-c5ccccc54)c32)cc1. The molecule has 8 aromatic rings. The van der Waals surface area contributed by atoms with E-state index < -0.39 is 0 Å². The van der Waals surface area contributed by atoms with Gasteiger partial charge >= 0.3 is 0 Å². The molecule has 1 heterocycles. The van der Waals surface area contributed by atoms with Crippen LogP contribution in [0, 0.1) is 0 Å². The number of aromatic nitrogens is 1. The van der Waals surface area contributed by atoms with E-state index in [1.54, 1.807) is 0 Å². The predicted molar refractivity (Wildman–Crippen MR) is 183 cm³/mol. The molecule has 7 aromatic carbocycles. The molecular weight excluding hydrogens is 530 g/mol. The minimum Gasteiger partial charge on any atom is -0.309 e. The van der Waals surface area contributed by atoms with Crippen molar-refractivity contribution in [2.24, 2.45) is 0 Å². The molecule has 1 aromatic heterocycles. The summed E-state index contributed by atoms with van der Waals surface area (Å²) >= 11 is 0. The summed E-state index contributed by atoms with van der Waals surface area (Å²) in [5, 5.41) is 2.55. The lowest BCUT2D eigenvalue weighted by Gasteiger charge is -2.30. The number of fused-ring (bicyclic) bond motifs is 13. The second-order valence-corrected chi connectivity index (χ2v) is 12.0. The number of benzene rings is 7. The van der Waals surface area contributed by atoms with Gasteiger partial charge in [-0.2, -0.15) is 0 Å². The Balaban J connectivity index is 1.29. The minimum atomic E-state index is -0.317. The monoisotopic (exact) mass is 557 g/mol. The third-order valence-corrected chi connectivity index (χ3v) is 10.0. The van der Waals surface area contributed by atoms with E-state index in [0.717, 1.165) is 0 Å². The van der Waals surface area contributed by atoms with Gasteiger partial charge in [-0.15, -0.1) is 0 Å². The molecule has 1 spiro atoms. The number of para-hydroxylation sites is 3. The van der Waals surface area contributed by atoms with Crippen LogP contribution in [0.15, 0.2) is 164 Å². The van der Waals surface area contributed by atoms with Crippen molar-refractivity contribution in [1.82, 2.24) is 4.57 Å². The fraction of sp³-hybridized carbons (Fsp3) is 0.0233. The Morgan fingerprint density at radius 3 is 1.59 bits per heavy atom. The van der Waals surface area contributed by atoms with Gasteiger partial charge < -0.3 is 4.57 Å². The molecule has 0 N–H and O–H groups in total. The molecule has 10 rings (SSSR count). The minimum absolute atomic E-state index is 0.317. The van der Waals surface area contributed by atoms with Gasteiger partial charge in [0.2, 0.25) is 0 Å². The van der Waals surface area contributed by atoms with Gasteiger partial charge in [-0.05, 0) is 74.3 Å². The quantitative estimate of drug-likeness (QED) is 0.199. The van der Waals surface area contributed by atoms with Crippen molar-refractivity contribution in [3.05, 3.63) is 186 Å². The summed E-state index contributed by atoms with van der Waals surface area (Å²) in [6.45, 7) is 0. The summed E-state index contributed by atoms with van der Waals surface area (Å²) in [6.07, 6.45) is 0. The highest BCUT2D eigenvalue weighted by molar-refractivity contribution is 6.14. The van der Waals surface area contributed by atoms with Gasteiger partial charge in [-0.1, -0.05) is 140 Å². The molecule has 2 aliphatic rings. The maximum atomic E-state index is 2.45. The topological polar surface area (TPSA) is 4.93 Å². The van der Waals surface area contributed by atoms with Crippen LogP contribution < -0.4 is 0 Å². The Morgan fingerprint density at radius 1 is 0.364 bits per heavy atom.